The monoisotopic (exact) mass is 391 g/mol. The minimum atomic E-state index is -1.03. The number of benzene rings is 2. The molecular formula is C20H22FNO6. The number of carbonyl (C=O) groups is 2. The molecule has 2 rings (SSSR count). The number of alkyl carbamates (subject to hydrolysis) is 1. The van der Waals surface area contributed by atoms with Crippen molar-refractivity contribution in [2.45, 2.75) is 20.0 Å². The first kappa shape index (κ1) is 21.0. The summed E-state index contributed by atoms with van der Waals surface area (Å²) in [6.45, 7) is 3.64. The Labute approximate surface area is 162 Å². The summed E-state index contributed by atoms with van der Waals surface area (Å²) in [5, 5.41) is 2.45. The van der Waals surface area contributed by atoms with Crippen molar-refractivity contribution in [3.05, 3.63) is 54.3 Å². The van der Waals surface area contributed by atoms with Gasteiger partial charge in [-0.25, -0.2) is 14.0 Å². The van der Waals surface area contributed by atoms with Crippen molar-refractivity contribution < 1.29 is 32.9 Å². The average Bonchev–Trinajstić information content (AvgIpc) is 2.68. The van der Waals surface area contributed by atoms with Gasteiger partial charge in [0, 0.05) is 0 Å². The number of hydrogen-bond donors (Lipinski definition) is 1. The number of ether oxygens (including phenoxy) is 4. The van der Waals surface area contributed by atoms with E-state index >= 15 is 0 Å². The predicted molar refractivity (Wildman–Crippen MR) is 99.0 cm³/mol. The molecule has 1 amide bonds. The van der Waals surface area contributed by atoms with Gasteiger partial charge in [0.05, 0.1) is 19.8 Å². The Balaban J connectivity index is 1.99. The molecule has 1 atom stereocenters. The Morgan fingerprint density at radius 3 is 2.00 bits per heavy atom. The zero-order valence-corrected chi connectivity index (χ0v) is 15.6. The minimum absolute atomic E-state index is 0.106. The zero-order valence-electron chi connectivity index (χ0n) is 15.6. The molecule has 2 aromatic carbocycles. The first-order valence-electron chi connectivity index (χ1n) is 8.79. The number of nitrogens with one attached hydrogen (secondary N) is 1. The lowest BCUT2D eigenvalue weighted by molar-refractivity contribution is -0.151. The molecule has 0 fully saturated rings. The van der Waals surface area contributed by atoms with Gasteiger partial charge in [-0.05, 0) is 62.4 Å². The number of esters is 1. The lowest BCUT2D eigenvalue weighted by Gasteiger charge is -2.18. The highest BCUT2D eigenvalue weighted by atomic mass is 19.1. The Morgan fingerprint density at radius 2 is 1.43 bits per heavy atom. The standard InChI is InChI=1S/C20H22FNO6/c1-3-25-19(23)18(13-22-20(24)26-4-2)28-17-11-9-16(10-12-17)27-15-7-5-14(21)6-8-15/h5-12,18H,3-4,13H2,1-2H3,(H,22,24). The third-order valence-corrected chi connectivity index (χ3v) is 3.41. The quantitative estimate of drug-likeness (QED) is 0.657. The normalized spacial score (nSPS) is 11.2. The molecule has 1 N–H and O–H groups in total. The topological polar surface area (TPSA) is 83.1 Å². The second-order valence-electron chi connectivity index (χ2n) is 5.49. The summed E-state index contributed by atoms with van der Waals surface area (Å²) in [6.07, 6.45) is -1.68. The first-order chi connectivity index (χ1) is 13.5. The van der Waals surface area contributed by atoms with E-state index in [4.69, 9.17) is 18.9 Å². The molecule has 28 heavy (non-hydrogen) atoms. The van der Waals surface area contributed by atoms with E-state index in [2.05, 4.69) is 5.32 Å². The Morgan fingerprint density at radius 1 is 0.893 bits per heavy atom. The molecule has 0 saturated carbocycles. The van der Waals surface area contributed by atoms with Crippen molar-refractivity contribution in [3.8, 4) is 17.2 Å². The van der Waals surface area contributed by atoms with Crippen LogP contribution in [0.15, 0.2) is 48.5 Å². The molecule has 2 aromatic rings. The van der Waals surface area contributed by atoms with Gasteiger partial charge in [0.2, 0.25) is 6.10 Å². The van der Waals surface area contributed by atoms with Crippen LogP contribution in [0.25, 0.3) is 0 Å². The van der Waals surface area contributed by atoms with E-state index in [0.717, 1.165) is 0 Å². The van der Waals surface area contributed by atoms with Crippen LogP contribution in [0, 0.1) is 5.82 Å². The fourth-order valence-electron chi connectivity index (χ4n) is 2.16. The van der Waals surface area contributed by atoms with Crippen LogP contribution in [0.5, 0.6) is 17.2 Å². The van der Waals surface area contributed by atoms with Crippen LogP contribution in [0.4, 0.5) is 9.18 Å². The maximum absolute atomic E-state index is 12.9. The van der Waals surface area contributed by atoms with Gasteiger partial charge in [-0.2, -0.15) is 0 Å². The second kappa shape index (κ2) is 10.8. The zero-order chi connectivity index (χ0) is 20.4. The maximum atomic E-state index is 12.9. The molecule has 0 heterocycles. The van der Waals surface area contributed by atoms with Gasteiger partial charge in [-0.15, -0.1) is 0 Å². The fraction of sp³-hybridized carbons (Fsp3) is 0.300. The summed E-state index contributed by atoms with van der Waals surface area (Å²) >= 11 is 0. The van der Waals surface area contributed by atoms with E-state index in [1.165, 1.54) is 24.3 Å². The van der Waals surface area contributed by atoms with Crippen LogP contribution >= 0.6 is 0 Å². The van der Waals surface area contributed by atoms with Crippen molar-refractivity contribution in [3.63, 3.8) is 0 Å². The molecule has 0 aliphatic carbocycles. The van der Waals surface area contributed by atoms with E-state index in [-0.39, 0.29) is 25.6 Å². The molecule has 0 aliphatic heterocycles. The third kappa shape index (κ3) is 6.79. The summed E-state index contributed by atoms with van der Waals surface area (Å²) in [7, 11) is 0. The lowest BCUT2D eigenvalue weighted by Crippen LogP contribution is -2.41. The van der Waals surface area contributed by atoms with E-state index < -0.39 is 18.2 Å². The summed E-state index contributed by atoms with van der Waals surface area (Å²) in [6, 6.07) is 12.1. The van der Waals surface area contributed by atoms with Crippen molar-refractivity contribution >= 4 is 12.1 Å². The van der Waals surface area contributed by atoms with Crippen LogP contribution in [-0.2, 0) is 14.3 Å². The van der Waals surface area contributed by atoms with Gasteiger partial charge in [0.1, 0.15) is 23.1 Å². The number of rotatable bonds is 9. The lowest BCUT2D eigenvalue weighted by atomic mass is 10.3. The summed E-state index contributed by atoms with van der Waals surface area (Å²) in [5.41, 5.74) is 0. The molecule has 150 valence electrons. The molecular weight excluding hydrogens is 369 g/mol. The first-order valence-corrected chi connectivity index (χ1v) is 8.79. The van der Waals surface area contributed by atoms with Crippen molar-refractivity contribution in [2.75, 3.05) is 19.8 Å². The number of hydrogen-bond acceptors (Lipinski definition) is 6. The Hall–Kier alpha value is -3.29. The summed E-state index contributed by atoms with van der Waals surface area (Å²) in [5.74, 6) is 0.424. The van der Waals surface area contributed by atoms with E-state index in [0.29, 0.717) is 17.2 Å². The van der Waals surface area contributed by atoms with Crippen molar-refractivity contribution in [2.24, 2.45) is 0 Å². The van der Waals surface area contributed by atoms with Gasteiger partial charge in [-0.3, -0.25) is 0 Å². The molecule has 0 aromatic heterocycles. The van der Waals surface area contributed by atoms with Crippen molar-refractivity contribution in [1.29, 1.82) is 0 Å². The largest absolute Gasteiger partial charge is 0.477 e. The molecule has 0 spiro atoms. The maximum Gasteiger partial charge on any atom is 0.407 e. The van der Waals surface area contributed by atoms with Crippen LogP contribution in [-0.4, -0.2) is 37.9 Å². The number of carbonyl (C=O) groups excluding carboxylic acids is 2. The highest BCUT2D eigenvalue weighted by Gasteiger charge is 2.23. The van der Waals surface area contributed by atoms with Gasteiger partial charge in [0.25, 0.3) is 0 Å². The van der Waals surface area contributed by atoms with Crippen LogP contribution in [0.2, 0.25) is 0 Å². The number of halogens is 1. The van der Waals surface area contributed by atoms with E-state index in [1.54, 1.807) is 38.1 Å². The molecule has 0 aliphatic rings. The fourth-order valence-corrected chi connectivity index (χ4v) is 2.16. The van der Waals surface area contributed by atoms with Crippen LogP contribution in [0.1, 0.15) is 13.8 Å². The van der Waals surface area contributed by atoms with Crippen LogP contribution in [0.3, 0.4) is 0 Å². The van der Waals surface area contributed by atoms with Gasteiger partial charge >= 0.3 is 12.1 Å². The molecule has 7 nitrogen and oxygen atoms in total. The van der Waals surface area contributed by atoms with Gasteiger partial charge in [-0.1, -0.05) is 0 Å². The summed E-state index contributed by atoms with van der Waals surface area (Å²) in [4.78, 5) is 23.5. The highest BCUT2D eigenvalue weighted by Crippen LogP contribution is 2.24. The molecule has 0 saturated heterocycles. The molecule has 0 radical (unpaired) electrons. The predicted octanol–water partition coefficient (Wildman–Crippen LogP) is 3.67. The van der Waals surface area contributed by atoms with E-state index in [9.17, 15) is 14.0 Å². The molecule has 0 bridgehead atoms. The van der Waals surface area contributed by atoms with Gasteiger partial charge < -0.3 is 24.3 Å². The Kier molecular flexibility index (Phi) is 8.08. The molecule has 8 heteroatoms. The van der Waals surface area contributed by atoms with E-state index in [1.807, 2.05) is 0 Å². The third-order valence-electron chi connectivity index (χ3n) is 3.41. The SMILES string of the molecule is CCOC(=O)NCC(Oc1ccc(Oc2ccc(F)cc2)cc1)C(=O)OCC. The van der Waals surface area contributed by atoms with Crippen molar-refractivity contribution in [1.82, 2.24) is 5.32 Å². The highest BCUT2D eigenvalue weighted by molar-refractivity contribution is 5.76. The van der Waals surface area contributed by atoms with Crippen LogP contribution < -0.4 is 14.8 Å². The summed E-state index contributed by atoms with van der Waals surface area (Å²) < 4.78 is 33.9. The second-order valence-corrected chi connectivity index (χ2v) is 5.49. The minimum Gasteiger partial charge on any atom is -0.477 e. The molecule has 1 unspecified atom stereocenters. The smallest absolute Gasteiger partial charge is 0.407 e. The van der Waals surface area contributed by atoms with Gasteiger partial charge in [0.15, 0.2) is 0 Å². The average molecular weight is 391 g/mol. The Bertz CT molecular complexity index is 763. The number of amides is 1.